The number of alkyl halides is 3. The standard InChI is InChI=1S/C19H17F3N4O/c20-19(21,22)14-6-4-13(5-7-14)18-24-15(12-27)16-2-1-3-17(26(16)18)25-10-8-23-9-11-25/h1-7,12,23H,8-11H2. The van der Waals surface area contributed by atoms with Crippen LogP contribution in [-0.4, -0.2) is 41.8 Å². The van der Waals surface area contributed by atoms with E-state index < -0.39 is 11.7 Å². The zero-order valence-corrected chi connectivity index (χ0v) is 14.3. The van der Waals surface area contributed by atoms with Crippen LogP contribution in [0.5, 0.6) is 0 Å². The predicted octanol–water partition coefficient (Wildman–Crippen LogP) is 3.24. The van der Waals surface area contributed by atoms with Crippen molar-refractivity contribution in [2.45, 2.75) is 6.18 Å². The van der Waals surface area contributed by atoms with Crippen LogP contribution in [-0.2, 0) is 6.18 Å². The average Bonchev–Trinajstić information content (AvgIpc) is 3.07. The minimum Gasteiger partial charge on any atom is -0.355 e. The van der Waals surface area contributed by atoms with E-state index in [0.29, 0.717) is 23.2 Å². The van der Waals surface area contributed by atoms with E-state index in [0.717, 1.165) is 44.1 Å². The second-order valence-corrected chi connectivity index (χ2v) is 6.36. The second kappa shape index (κ2) is 6.70. The molecular formula is C19H17F3N4O. The molecule has 1 fully saturated rings. The first-order chi connectivity index (χ1) is 13.0. The number of imidazole rings is 1. The van der Waals surface area contributed by atoms with Gasteiger partial charge >= 0.3 is 6.18 Å². The maximum atomic E-state index is 12.9. The number of nitrogens with one attached hydrogen (secondary N) is 1. The molecule has 0 atom stereocenters. The molecule has 1 aromatic carbocycles. The molecule has 0 spiro atoms. The number of pyridine rings is 1. The van der Waals surface area contributed by atoms with E-state index in [1.54, 1.807) is 6.07 Å². The summed E-state index contributed by atoms with van der Waals surface area (Å²) in [6, 6.07) is 10.4. The van der Waals surface area contributed by atoms with Crippen molar-refractivity contribution < 1.29 is 18.0 Å². The van der Waals surface area contributed by atoms with Crippen molar-refractivity contribution in [1.82, 2.24) is 14.7 Å². The number of carbonyl (C=O) groups is 1. The highest BCUT2D eigenvalue weighted by Gasteiger charge is 2.30. The van der Waals surface area contributed by atoms with Crippen molar-refractivity contribution in [1.29, 1.82) is 0 Å². The van der Waals surface area contributed by atoms with Crippen LogP contribution in [0, 0.1) is 0 Å². The predicted molar refractivity (Wildman–Crippen MR) is 96.1 cm³/mol. The lowest BCUT2D eigenvalue weighted by molar-refractivity contribution is -0.137. The van der Waals surface area contributed by atoms with Crippen LogP contribution >= 0.6 is 0 Å². The highest BCUT2D eigenvalue weighted by molar-refractivity contribution is 5.87. The van der Waals surface area contributed by atoms with Gasteiger partial charge < -0.3 is 10.2 Å². The lowest BCUT2D eigenvalue weighted by Gasteiger charge is -2.30. The molecule has 1 aliphatic rings. The zero-order chi connectivity index (χ0) is 19.0. The van der Waals surface area contributed by atoms with Crippen molar-refractivity contribution in [3.63, 3.8) is 0 Å². The Bertz CT molecular complexity index is 973. The molecule has 1 saturated heterocycles. The zero-order valence-electron chi connectivity index (χ0n) is 14.3. The molecule has 5 nitrogen and oxygen atoms in total. The van der Waals surface area contributed by atoms with Crippen LogP contribution in [0.15, 0.2) is 42.5 Å². The fourth-order valence-electron chi connectivity index (χ4n) is 3.37. The number of hydrogen-bond acceptors (Lipinski definition) is 4. The van der Waals surface area contributed by atoms with Crippen LogP contribution < -0.4 is 10.2 Å². The topological polar surface area (TPSA) is 49.6 Å². The number of piperazine rings is 1. The van der Waals surface area contributed by atoms with Gasteiger partial charge in [0.25, 0.3) is 0 Å². The molecule has 3 aromatic rings. The molecule has 27 heavy (non-hydrogen) atoms. The summed E-state index contributed by atoms with van der Waals surface area (Å²) in [7, 11) is 0. The molecule has 140 valence electrons. The van der Waals surface area contributed by atoms with Crippen molar-refractivity contribution >= 4 is 17.6 Å². The Morgan fingerprint density at radius 1 is 1.04 bits per heavy atom. The maximum absolute atomic E-state index is 12.9. The Morgan fingerprint density at radius 3 is 2.37 bits per heavy atom. The van der Waals surface area contributed by atoms with Gasteiger partial charge in [-0.25, -0.2) is 4.98 Å². The fourth-order valence-corrected chi connectivity index (χ4v) is 3.37. The van der Waals surface area contributed by atoms with E-state index in [1.165, 1.54) is 12.1 Å². The first kappa shape index (κ1) is 17.5. The molecule has 0 radical (unpaired) electrons. The molecule has 0 bridgehead atoms. The maximum Gasteiger partial charge on any atom is 0.416 e. The van der Waals surface area contributed by atoms with Gasteiger partial charge in [-0.2, -0.15) is 13.2 Å². The summed E-state index contributed by atoms with van der Waals surface area (Å²) in [5.74, 6) is 1.32. The monoisotopic (exact) mass is 374 g/mol. The Balaban J connectivity index is 1.88. The number of hydrogen-bond donors (Lipinski definition) is 1. The van der Waals surface area contributed by atoms with Gasteiger partial charge in [0, 0.05) is 31.7 Å². The lowest BCUT2D eigenvalue weighted by atomic mass is 10.1. The minimum absolute atomic E-state index is 0.266. The highest BCUT2D eigenvalue weighted by atomic mass is 19.4. The molecule has 2 aromatic heterocycles. The average molecular weight is 374 g/mol. The smallest absolute Gasteiger partial charge is 0.355 e. The number of aldehydes is 1. The second-order valence-electron chi connectivity index (χ2n) is 6.36. The van der Waals surface area contributed by atoms with E-state index in [2.05, 4.69) is 15.2 Å². The van der Waals surface area contributed by atoms with E-state index in [4.69, 9.17) is 0 Å². The molecule has 0 aliphatic carbocycles. The Labute approximate surface area is 153 Å². The number of benzene rings is 1. The molecule has 1 N–H and O–H groups in total. The summed E-state index contributed by atoms with van der Waals surface area (Å²) in [5.41, 5.74) is 0.705. The molecule has 1 aliphatic heterocycles. The Hall–Kier alpha value is -2.87. The van der Waals surface area contributed by atoms with Crippen molar-refractivity contribution in [2.24, 2.45) is 0 Å². The summed E-state index contributed by atoms with van der Waals surface area (Å²) in [5, 5.41) is 3.29. The number of rotatable bonds is 3. The van der Waals surface area contributed by atoms with Gasteiger partial charge in [0.15, 0.2) is 6.29 Å². The summed E-state index contributed by atoms with van der Waals surface area (Å²) >= 11 is 0. The van der Waals surface area contributed by atoms with Crippen LogP contribution in [0.4, 0.5) is 19.0 Å². The first-order valence-electron chi connectivity index (χ1n) is 8.59. The highest BCUT2D eigenvalue weighted by Crippen LogP contribution is 2.32. The summed E-state index contributed by atoms with van der Waals surface area (Å²) in [4.78, 5) is 18.1. The van der Waals surface area contributed by atoms with E-state index in [-0.39, 0.29) is 5.69 Å². The molecular weight excluding hydrogens is 357 g/mol. The van der Waals surface area contributed by atoms with Gasteiger partial charge in [0.1, 0.15) is 17.3 Å². The van der Waals surface area contributed by atoms with Crippen molar-refractivity contribution in [3.05, 3.63) is 53.7 Å². The summed E-state index contributed by atoms with van der Waals surface area (Å²) in [6.07, 6.45) is -3.72. The molecule has 0 unspecified atom stereocenters. The van der Waals surface area contributed by atoms with E-state index in [9.17, 15) is 18.0 Å². The number of nitrogens with zero attached hydrogens (tertiary/aromatic N) is 3. The number of fused-ring (bicyclic) bond motifs is 1. The quantitative estimate of drug-likeness (QED) is 0.715. The Morgan fingerprint density at radius 2 is 1.74 bits per heavy atom. The van der Waals surface area contributed by atoms with E-state index >= 15 is 0 Å². The Kier molecular flexibility index (Phi) is 4.35. The SMILES string of the molecule is O=Cc1nc(-c2ccc(C(F)(F)F)cc2)n2c(N3CCNCC3)cccc12. The van der Waals surface area contributed by atoms with Gasteiger partial charge in [0.2, 0.25) is 0 Å². The summed E-state index contributed by atoms with van der Waals surface area (Å²) < 4.78 is 40.4. The first-order valence-corrected chi connectivity index (χ1v) is 8.59. The van der Waals surface area contributed by atoms with Crippen molar-refractivity contribution in [2.75, 3.05) is 31.1 Å². The molecule has 0 saturated carbocycles. The largest absolute Gasteiger partial charge is 0.416 e. The molecule has 0 amide bonds. The fraction of sp³-hybridized carbons (Fsp3) is 0.263. The van der Waals surface area contributed by atoms with Gasteiger partial charge in [0.05, 0.1) is 11.1 Å². The summed E-state index contributed by atoms with van der Waals surface area (Å²) in [6.45, 7) is 3.25. The molecule has 4 rings (SSSR count). The van der Waals surface area contributed by atoms with Gasteiger partial charge in [-0.05, 0) is 24.3 Å². The lowest BCUT2D eigenvalue weighted by Crippen LogP contribution is -2.44. The third-order valence-corrected chi connectivity index (χ3v) is 4.69. The number of carbonyl (C=O) groups excluding carboxylic acids is 1. The normalized spacial score (nSPS) is 15.3. The van der Waals surface area contributed by atoms with Crippen molar-refractivity contribution in [3.8, 4) is 11.4 Å². The number of aromatic nitrogens is 2. The number of anilines is 1. The molecule has 8 heteroatoms. The van der Waals surface area contributed by atoms with Gasteiger partial charge in [-0.1, -0.05) is 18.2 Å². The van der Waals surface area contributed by atoms with E-state index in [1.807, 2.05) is 16.5 Å². The minimum atomic E-state index is -4.40. The van der Waals surface area contributed by atoms with Crippen LogP contribution in [0.1, 0.15) is 16.1 Å². The third-order valence-electron chi connectivity index (χ3n) is 4.69. The third kappa shape index (κ3) is 3.16. The van der Waals surface area contributed by atoms with Crippen LogP contribution in [0.25, 0.3) is 16.9 Å². The van der Waals surface area contributed by atoms with Crippen LogP contribution in [0.2, 0.25) is 0 Å². The molecule has 3 heterocycles. The number of halogens is 3. The van der Waals surface area contributed by atoms with Crippen LogP contribution in [0.3, 0.4) is 0 Å². The van der Waals surface area contributed by atoms with Gasteiger partial charge in [-0.15, -0.1) is 0 Å². The van der Waals surface area contributed by atoms with Gasteiger partial charge in [-0.3, -0.25) is 9.20 Å².